The van der Waals surface area contributed by atoms with Crippen LogP contribution in [-0.2, 0) is 0 Å². The molecule has 2 nitrogen and oxygen atoms in total. The summed E-state index contributed by atoms with van der Waals surface area (Å²) in [5, 5.41) is 0. The van der Waals surface area contributed by atoms with Gasteiger partial charge < -0.3 is 4.42 Å². The largest absolute Gasteiger partial charge is 0.458 e. The Bertz CT molecular complexity index is 302. The summed E-state index contributed by atoms with van der Waals surface area (Å²) in [6, 6.07) is 3.37. The second kappa shape index (κ2) is 3.07. The molecule has 0 spiro atoms. The summed E-state index contributed by atoms with van der Waals surface area (Å²) in [5.74, 6) is 3.20. The van der Waals surface area contributed by atoms with Crippen LogP contribution < -0.4 is 0 Å². The van der Waals surface area contributed by atoms with Crippen molar-refractivity contribution in [2.75, 3.05) is 0 Å². The molecule has 56 valence electrons. The van der Waals surface area contributed by atoms with E-state index in [1.807, 2.05) is 0 Å². The highest BCUT2D eigenvalue weighted by Crippen LogP contribution is 2.07. The number of Topliss-reactive ketones (excluding diaryl/α,β-unsaturated/α-hetero) is 1. The summed E-state index contributed by atoms with van der Waals surface area (Å²) in [5.41, 5.74) is 0. The molecule has 0 aliphatic carbocycles. The van der Waals surface area contributed by atoms with Crippen molar-refractivity contribution >= 4 is 5.78 Å². The Morgan fingerprint density at radius 1 is 1.73 bits per heavy atom. The monoisotopic (exact) mass is 148 g/mol. The van der Waals surface area contributed by atoms with E-state index in [0.29, 0.717) is 5.76 Å². The van der Waals surface area contributed by atoms with Crippen LogP contribution in [0, 0.1) is 19.3 Å². The van der Waals surface area contributed by atoms with Crippen LogP contribution in [0.4, 0.5) is 0 Å². The maximum absolute atomic E-state index is 11.0. The van der Waals surface area contributed by atoms with E-state index in [2.05, 4.69) is 5.92 Å². The van der Waals surface area contributed by atoms with Gasteiger partial charge in [0.05, 0.1) is 6.42 Å². The van der Waals surface area contributed by atoms with Gasteiger partial charge in [-0.1, -0.05) is 5.92 Å². The quantitative estimate of drug-likeness (QED) is 0.472. The highest BCUT2D eigenvalue weighted by molar-refractivity contribution is 5.94. The predicted octanol–water partition coefficient (Wildman–Crippen LogP) is 1.79. The Morgan fingerprint density at radius 2 is 2.45 bits per heavy atom. The smallest absolute Gasteiger partial charge is 0.209 e. The number of rotatable bonds is 2. The fourth-order valence-corrected chi connectivity index (χ4v) is 0.764. The molecule has 0 bridgehead atoms. The van der Waals surface area contributed by atoms with E-state index in [1.165, 1.54) is 0 Å². The molecule has 0 radical (unpaired) electrons. The first-order valence-corrected chi connectivity index (χ1v) is 3.27. The number of carbonyl (C=O) groups is 1. The van der Waals surface area contributed by atoms with Gasteiger partial charge in [0.1, 0.15) is 5.76 Å². The van der Waals surface area contributed by atoms with Gasteiger partial charge in [0, 0.05) is 0 Å². The molecule has 0 aliphatic rings. The topological polar surface area (TPSA) is 30.2 Å². The molecule has 11 heavy (non-hydrogen) atoms. The normalized spacial score (nSPS) is 9.09. The summed E-state index contributed by atoms with van der Waals surface area (Å²) in [6.45, 7) is 1.78. The van der Waals surface area contributed by atoms with Gasteiger partial charge in [-0.25, -0.2) is 0 Å². The SMILES string of the molecule is C#CCC(=O)c1ccc(C)o1. The van der Waals surface area contributed by atoms with Crippen LogP contribution >= 0.6 is 0 Å². The molecular formula is C9H8O2. The van der Waals surface area contributed by atoms with Crippen molar-refractivity contribution in [1.82, 2.24) is 0 Å². The van der Waals surface area contributed by atoms with Gasteiger partial charge in [-0.3, -0.25) is 4.79 Å². The third-order valence-electron chi connectivity index (χ3n) is 1.28. The fourth-order valence-electron chi connectivity index (χ4n) is 0.764. The van der Waals surface area contributed by atoms with Gasteiger partial charge in [-0.2, -0.15) is 0 Å². The zero-order valence-electron chi connectivity index (χ0n) is 6.26. The maximum Gasteiger partial charge on any atom is 0.209 e. The van der Waals surface area contributed by atoms with E-state index in [9.17, 15) is 4.79 Å². The van der Waals surface area contributed by atoms with E-state index >= 15 is 0 Å². The number of furan rings is 1. The minimum absolute atomic E-state index is 0.104. The minimum atomic E-state index is -0.138. The highest BCUT2D eigenvalue weighted by Gasteiger charge is 2.06. The first-order chi connectivity index (χ1) is 5.24. The lowest BCUT2D eigenvalue weighted by atomic mass is 10.2. The van der Waals surface area contributed by atoms with Crippen LogP contribution in [0.15, 0.2) is 16.5 Å². The van der Waals surface area contributed by atoms with Gasteiger partial charge in [-0.05, 0) is 19.1 Å². The zero-order valence-corrected chi connectivity index (χ0v) is 6.26. The van der Waals surface area contributed by atoms with E-state index < -0.39 is 0 Å². The molecular weight excluding hydrogens is 140 g/mol. The molecule has 0 unspecified atom stereocenters. The lowest BCUT2D eigenvalue weighted by Crippen LogP contribution is -1.93. The number of hydrogen-bond acceptors (Lipinski definition) is 2. The lowest BCUT2D eigenvalue weighted by Gasteiger charge is -1.87. The van der Waals surface area contributed by atoms with Gasteiger partial charge >= 0.3 is 0 Å². The van der Waals surface area contributed by atoms with E-state index in [1.54, 1.807) is 19.1 Å². The maximum atomic E-state index is 11.0. The van der Waals surface area contributed by atoms with Crippen molar-refractivity contribution in [2.45, 2.75) is 13.3 Å². The van der Waals surface area contributed by atoms with E-state index in [-0.39, 0.29) is 12.2 Å². The van der Waals surface area contributed by atoms with Gasteiger partial charge in [0.25, 0.3) is 0 Å². The van der Waals surface area contributed by atoms with Crippen LogP contribution in [0.1, 0.15) is 22.7 Å². The van der Waals surface area contributed by atoms with Crippen LogP contribution in [0.5, 0.6) is 0 Å². The molecule has 0 amide bonds. The molecule has 0 N–H and O–H groups in total. The molecule has 1 aromatic rings. The summed E-state index contributed by atoms with van der Waals surface area (Å²) < 4.78 is 5.05. The standard InChI is InChI=1S/C9H8O2/c1-3-4-8(10)9-6-5-7(2)11-9/h1,5-6H,4H2,2H3. The predicted molar refractivity (Wildman–Crippen MR) is 41.2 cm³/mol. The molecule has 0 fully saturated rings. The summed E-state index contributed by atoms with van der Waals surface area (Å²) >= 11 is 0. The number of aryl methyl sites for hydroxylation is 1. The molecule has 0 saturated heterocycles. The van der Waals surface area contributed by atoms with Crippen molar-refractivity contribution in [3.8, 4) is 12.3 Å². The molecule has 0 aliphatic heterocycles. The summed E-state index contributed by atoms with van der Waals surface area (Å²) in [7, 11) is 0. The van der Waals surface area contributed by atoms with Crippen molar-refractivity contribution in [3.63, 3.8) is 0 Å². The Balaban J connectivity index is 2.78. The first-order valence-electron chi connectivity index (χ1n) is 3.27. The molecule has 0 atom stereocenters. The van der Waals surface area contributed by atoms with Crippen LogP contribution in [0.2, 0.25) is 0 Å². The van der Waals surface area contributed by atoms with Crippen molar-refractivity contribution in [3.05, 3.63) is 23.7 Å². The Morgan fingerprint density at radius 3 is 2.91 bits per heavy atom. The highest BCUT2D eigenvalue weighted by atomic mass is 16.3. The number of ketones is 1. The molecule has 1 heterocycles. The Kier molecular flexibility index (Phi) is 2.12. The molecule has 1 rings (SSSR count). The number of hydrogen-bond donors (Lipinski definition) is 0. The van der Waals surface area contributed by atoms with Crippen molar-refractivity contribution < 1.29 is 9.21 Å². The van der Waals surface area contributed by atoms with E-state index in [0.717, 1.165) is 5.76 Å². The Hall–Kier alpha value is -1.49. The van der Waals surface area contributed by atoms with Crippen molar-refractivity contribution in [1.29, 1.82) is 0 Å². The minimum Gasteiger partial charge on any atom is -0.458 e. The third-order valence-corrected chi connectivity index (χ3v) is 1.28. The number of terminal acetylenes is 1. The second-order valence-corrected chi connectivity index (χ2v) is 2.21. The average molecular weight is 148 g/mol. The van der Waals surface area contributed by atoms with Crippen molar-refractivity contribution in [2.24, 2.45) is 0 Å². The van der Waals surface area contributed by atoms with Gasteiger partial charge in [0.15, 0.2) is 5.76 Å². The van der Waals surface area contributed by atoms with E-state index in [4.69, 9.17) is 10.8 Å². The molecule has 0 saturated carbocycles. The first kappa shape index (κ1) is 7.62. The average Bonchev–Trinajstić information content (AvgIpc) is 2.36. The molecule has 0 aromatic carbocycles. The van der Waals surface area contributed by atoms with Crippen LogP contribution in [0.3, 0.4) is 0 Å². The summed E-state index contributed by atoms with van der Waals surface area (Å²) in [6.07, 6.45) is 5.07. The zero-order chi connectivity index (χ0) is 8.27. The number of carbonyl (C=O) groups excluding carboxylic acids is 1. The molecule has 2 heteroatoms. The van der Waals surface area contributed by atoms with Crippen LogP contribution in [-0.4, -0.2) is 5.78 Å². The van der Waals surface area contributed by atoms with Gasteiger partial charge in [0.2, 0.25) is 5.78 Å². The molecule has 1 aromatic heterocycles. The summed E-state index contributed by atoms with van der Waals surface area (Å²) in [4.78, 5) is 11.0. The van der Waals surface area contributed by atoms with Crippen LogP contribution in [0.25, 0.3) is 0 Å². The second-order valence-electron chi connectivity index (χ2n) is 2.21. The Labute approximate surface area is 65.2 Å². The lowest BCUT2D eigenvalue weighted by molar-refractivity contribution is 0.0970. The third kappa shape index (κ3) is 1.71. The fraction of sp³-hybridized carbons (Fsp3) is 0.222. The van der Waals surface area contributed by atoms with Gasteiger partial charge in [-0.15, -0.1) is 6.42 Å².